The van der Waals surface area contributed by atoms with Gasteiger partial charge < -0.3 is 19.3 Å². The van der Waals surface area contributed by atoms with Crippen LogP contribution < -0.4 is 9.47 Å². The maximum atomic E-state index is 11.5. The molecule has 136 valence electrons. The molecule has 0 amide bonds. The summed E-state index contributed by atoms with van der Waals surface area (Å²) in [6.07, 6.45) is -3.52. The van der Waals surface area contributed by atoms with Crippen molar-refractivity contribution in [2.24, 2.45) is 0 Å². The third-order valence-corrected chi connectivity index (χ3v) is 4.12. The van der Waals surface area contributed by atoms with E-state index in [1.54, 1.807) is 24.3 Å². The molecule has 2 aromatic carbocycles. The van der Waals surface area contributed by atoms with Crippen LogP contribution in [0.5, 0.6) is 11.5 Å². The van der Waals surface area contributed by atoms with Crippen LogP contribution in [-0.2, 0) is 4.74 Å². The van der Waals surface area contributed by atoms with E-state index in [1.165, 1.54) is 24.3 Å². The van der Waals surface area contributed by atoms with Crippen molar-refractivity contribution in [3.05, 3.63) is 59.7 Å². The number of benzene rings is 2. The number of hydrogen-bond donors (Lipinski definition) is 1. The lowest BCUT2D eigenvalue weighted by Crippen LogP contribution is -2.33. The molecule has 6 nitrogen and oxygen atoms in total. The largest absolute Gasteiger partial charge is 0.490 e. The Morgan fingerprint density at radius 1 is 1.15 bits per heavy atom. The molecule has 0 aromatic heterocycles. The highest BCUT2D eigenvalue weighted by Gasteiger charge is 2.46. The van der Waals surface area contributed by atoms with Gasteiger partial charge in [0.05, 0.1) is 17.5 Å². The molecule has 1 aliphatic rings. The number of carbonyl (C=O) groups excluding carboxylic acids is 2. The molecule has 1 aliphatic heterocycles. The van der Waals surface area contributed by atoms with Crippen molar-refractivity contribution in [3.8, 4) is 11.5 Å². The number of ether oxygens (including phenoxy) is 3. The second kappa shape index (κ2) is 7.86. The van der Waals surface area contributed by atoms with Gasteiger partial charge in [0, 0.05) is 0 Å². The van der Waals surface area contributed by atoms with Gasteiger partial charge in [-0.1, -0.05) is 35.9 Å². The molecule has 0 radical (unpaired) electrons. The van der Waals surface area contributed by atoms with Gasteiger partial charge in [-0.15, -0.1) is 0 Å². The van der Waals surface area contributed by atoms with Crippen LogP contribution in [0.25, 0.3) is 0 Å². The Labute approximate surface area is 158 Å². The lowest BCUT2D eigenvalue weighted by Gasteiger charge is -2.21. The van der Waals surface area contributed by atoms with Gasteiger partial charge in [-0.2, -0.15) is 0 Å². The van der Waals surface area contributed by atoms with Gasteiger partial charge in [0.25, 0.3) is 0 Å². The molecule has 26 heavy (non-hydrogen) atoms. The molecule has 1 N–H and O–H groups in total. The van der Waals surface area contributed by atoms with E-state index in [0.29, 0.717) is 0 Å². The number of aliphatic hydroxyl groups is 1. The van der Waals surface area contributed by atoms with Crippen LogP contribution in [0.2, 0.25) is 0 Å². The van der Waals surface area contributed by atoms with Crippen molar-refractivity contribution >= 4 is 24.1 Å². The van der Waals surface area contributed by atoms with Crippen LogP contribution in [-0.4, -0.2) is 41.7 Å². The minimum atomic E-state index is -1.98. The maximum absolute atomic E-state index is 11.5. The van der Waals surface area contributed by atoms with Crippen molar-refractivity contribution < 1.29 is 31.6 Å². The second-order valence-corrected chi connectivity index (χ2v) is 6.30. The van der Waals surface area contributed by atoms with Gasteiger partial charge >= 0.3 is 0 Å². The Morgan fingerprint density at radius 2 is 1.73 bits per heavy atom. The molecule has 1 heterocycles. The highest BCUT2D eigenvalue weighted by Crippen LogP contribution is 2.35. The van der Waals surface area contributed by atoms with Gasteiger partial charge in [0.15, 0.2) is 12.5 Å². The predicted octanol–water partition coefficient (Wildman–Crippen LogP) is 2.81. The zero-order valence-electron chi connectivity index (χ0n) is 15.6. The zero-order valence-corrected chi connectivity index (χ0v) is 14.3. The average molecular weight is 379 g/mol. The highest BCUT2D eigenvalue weighted by molar-refractivity contribution is 6.21. The summed E-state index contributed by atoms with van der Waals surface area (Å²) < 4.78 is 31.3. The molecule has 1 unspecified atom stereocenters. The molecule has 0 spiro atoms. The summed E-state index contributed by atoms with van der Waals surface area (Å²) in [5, 5.41) is 8.07. The van der Waals surface area contributed by atoms with E-state index in [-0.39, 0.29) is 35.7 Å². The first-order valence-electron chi connectivity index (χ1n) is 8.85. The molecule has 1 saturated heterocycles. The summed E-state index contributed by atoms with van der Waals surface area (Å²) in [7, 11) is 0. The van der Waals surface area contributed by atoms with E-state index in [1.807, 2.05) is 0 Å². The Balaban J connectivity index is 1.77. The van der Waals surface area contributed by atoms with Gasteiger partial charge in [-0.05, 0) is 24.3 Å². The number of halogens is 1. The summed E-state index contributed by atoms with van der Waals surface area (Å²) in [5.74, 6) is 0.355. The van der Waals surface area contributed by atoms with Crippen LogP contribution in [0.3, 0.4) is 0 Å². The second-order valence-electron chi connectivity index (χ2n) is 5.71. The Kier molecular flexibility index (Phi) is 4.78. The normalized spacial score (nSPS) is 25.9. The van der Waals surface area contributed by atoms with Crippen LogP contribution in [0, 0.1) is 0 Å². The van der Waals surface area contributed by atoms with Crippen LogP contribution >= 0.6 is 11.6 Å². The minimum absolute atomic E-state index is 0.0670. The number of hydrogen-bond acceptors (Lipinski definition) is 6. The lowest BCUT2D eigenvalue weighted by molar-refractivity contribution is -0.136. The van der Waals surface area contributed by atoms with Gasteiger partial charge in [-0.3, -0.25) is 9.59 Å². The first-order valence-corrected chi connectivity index (χ1v) is 8.23. The highest BCUT2D eigenvalue weighted by atomic mass is 35.5. The predicted molar refractivity (Wildman–Crippen MR) is 93.9 cm³/mol. The van der Waals surface area contributed by atoms with E-state index >= 15 is 0 Å². The first-order chi connectivity index (χ1) is 13.3. The van der Waals surface area contributed by atoms with Crippen molar-refractivity contribution in [1.82, 2.24) is 0 Å². The molecule has 0 aliphatic carbocycles. The molecule has 1 fully saturated rings. The zero-order chi connectivity index (χ0) is 20.3. The average Bonchev–Trinajstić information content (AvgIpc) is 2.93. The SMILES string of the molecule is [2H]C(=O)c1ccccc1OC[C@H]1OC(O)(Cl)C[C@@H]1Oc1ccccc1C([2H])=O. The molecule has 0 bridgehead atoms. The van der Waals surface area contributed by atoms with E-state index in [2.05, 4.69) is 0 Å². The Bertz CT molecular complexity index is 888. The molecular formula is C19H17ClO6. The van der Waals surface area contributed by atoms with Crippen molar-refractivity contribution in [2.75, 3.05) is 6.61 Å². The summed E-state index contributed by atoms with van der Waals surface area (Å²) in [4.78, 5) is 22.9. The van der Waals surface area contributed by atoms with Crippen LogP contribution in [0.1, 0.15) is 29.9 Å². The van der Waals surface area contributed by atoms with Crippen molar-refractivity contribution in [2.45, 2.75) is 23.9 Å². The fourth-order valence-corrected chi connectivity index (χ4v) is 2.93. The molecule has 3 rings (SSSR count). The summed E-state index contributed by atoms with van der Waals surface area (Å²) in [6, 6.07) is 12.5. The van der Waals surface area contributed by atoms with E-state index in [0.717, 1.165) is 0 Å². The standard InChI is InChI=1S/C19H17ClO6/c20-19(23)9-17(25-16-8-4-2-6-14(16)11-22)18(26-19)12-24-15-7-3-1-5-13(15)10-21/h1-8,10-11,17-18,23H,9,12H2/t17-,18+,19?/m0/s1/i10D,11D. The summed E-state index contributed by atoms with van der Waals surface area (Å²) in [6.45, 7) is -0.124. The van der Waals surface area contributed by atoms with Crippen LogP contribution in [0.15, 0.2) is 48.5 Å². The van der Waals surface area contributed by atoms with Crippen molar-refractivity contribution in [3.63, 3.8) is 0 Å². The molecule has 2 aromatic rings. The van der Waals surface area contributed by atoms with Gasteiger partial charge in [0.1, 0.15) is 33.1 Å². The van der Waals surface area contributed by atoms with E-state index < -0.39 is 30.0 Å². The lowest BCUT2D eigenvalue weighted by atomic mass is 10.1. The monoisotopic (exact) mass is 378 g/mol. The van der Waals surface area contributed by atoms with E-state index in [9.17, 15) is 14.7 Å². The number of alkyl halides is 1. The number of rotatable bonds is 7. The maximum Gasteiger partial charge on any atom is 0.250 e. The fraction of sp³-hybridized carbons (Fsp3) is 0.263. The van der Waals surface area contributed by atoms with Crippen molar-refractivity contribution in [1.29, 1.82) is 0 Å². The number of carbonyl (C=O) groups is 2. The smallest absolute Gasteiger partial charge is 0.250 e. The third-order valence-electron chi connectivity index (χ3n) is 3.88. The molecule has 3 atom stereocenters. The summed E-state index contributed by atoms with van der Waals surface area (Å²) in [5.41, 5.74) is 0.154. The fourth-order valence-electron chi connectivity index (χ4n) is 2.66. The topological polar surface area (TPSA) is 82.1 Å². The van der Waals surface area contributed by atoms with Gasteiger partial charge in [0.2, 0.25) is 5.25 Å². The summed E-state index contributed by atoms with van der Waals surface area (Å²) >= 11 is 5.90. The van der Waals surface area contributed by atoms with E-state index in [4.69, 9.17) is 28.6 Å². The Hall–Kier alpha value is -2.41. The first kappa shape index (κ1) is 15.8. The molecule has 0 saturated carbocycles. The van der Waals surface area contributed by atoms with Crippen LogP contribution in [0.4, 0.5) is 0 Å². The van der Waals surface area contributed by atoms with Gasteiger partial charge in [-0.25, -0.2) is 0 Å². The molecule has 7 heteroatoms. The molecular weight excluding hydrogens is 360 g/mol. The Morgan fingerprint density at radius 3 is 2.38 bits per heavy atom. The number of para-hydroxylation sites is 2. The number of aldehydes is 2. The quantitative estimate of drug-likeness (QED) is 0.589. The minimum Gasteiger partial charge on any atom is -0.490 e. The third kappa shape index (κ3) is 4.22.